The maximum Gasteiger partial charge on any atom is 0.222 e. The highest BCUT2D eigenvalue weighted by Gasteiger charge is 2.28. The summed E-state index contributed by atoms with van der Waals surface area (Å²) in [5.74, 6) is 0.234. The molecule has 16 heavy (non-hydrogen) atoms. The van der Waals surface area contributed by atoms with Crippen molar-refractivity contribution in [3.05, 3.63) is 0 Å². The zero-order chi connectivity index (χ0) is 13.0. The summed E-state index contributed by atoms with van der Waals surface area (Å²) in [6.07, 6.45) is 2.31. The number of carbonyl (C=O) groups is 1. The largest absolute Gasteiger partial charge is 0.355 e. The SMILES string of the molecule is CCC(C)(C)CC(C)(C)CNC(=O)C(C)C. The molecule has 0 heterocycles. The van der Waals surface area contributed by atoms with Crippen molar-refractivity contribution in [1.29, 1.82) is 0 Å². The van der Waals surface area contributed by atoms with Crippen LogP contribution in [0.2, 0.25) is 0 Å². The molecule has 1 N–H and O–H groups in total. The van der Waals surface area contributed by atoms with Crippen molar-refractivity contribution in [2.45, 2.75) is 61.3 Å². The molecule has 0 bridgehead atoms. The van der Waals surface area contributed by atoms with E-state index < -0.39 is 0 Å². The highest BCUT2D eigenvalue weighted by molar-refractivity contribution is 5.77. The monoisotopic (exact) mass is 227 g/mol. The van der Waals surface area contributed by atoms with E-state index in [1.807, 2.05) is 13.8 Å². The first kappa shape index (κ1) is 15.5. The van der Waals surface area contributed by atoms with E-state index >= 15 is 0 Å². The number of hydrogen-bond acceptors (Lipinski definition) is 1. The topological polar surface area (TPSA) is 29.1 Å². The molecule has 0 aromatic carbocycles. The van der Waals surface area contributed by atoms with Gasteiger partial charge in [0.25, 0.3) is 0 Å². The zero-order valence-corrected chi connectivity index (χ0v) is 12.1. The van der Waals surface area contributed by atoms with Gasteiger partial charge in [0.05, 0.1) is 0 Å². The van der Waals surface area contributed by atoms with Crippen molar-refractivity contribution in [2.75, 3.05) is 6.54 Å². The molecule has 0 saturated carbocycles. The molecule has 0 aromatic rings. The number of amides is 1. The van der Waals surface area contributed by atoms with Gasteiger partial charge in [-0.3, -0.25) is 4.79 Å². The first-order valence-corrected chi connectivity index (χ1v) is 6.37. The van der Waals surface area contributed by atoms with E-state index in [4.69, 9.17) is 0 Å². The second-order valence-corrected chi connectivity index (χ2v) is 6.73. The van der Waals surface area contributed by atoms with Crippen LogP contribution in [-0.4, -0.2) is 12.5 Å². The molecule has 0 aliphatic rings. The normalized spacial score (nSPS) is 13.0. The Morgan fingerprint density at radius 1 is 1.12 bits per heavy atom. The van der Waals surface area contributed by atoms with Crippen LogP contribution in [-0.2, 0) is 4.79 Å². The summed E-state index contributed by atoms with van der Waals surface area (Å²) in [4.78, 5) is 11.5. The van der Waals surface area contributed by atoms with Crippen LogP contribution in [0, 0.1) is 16.7 Å². The maximum absolute atomic E-state index is 11.5. The van der Waals surface area contributed by atoms with Crippen LogP contribution in [0.15, 0.2) is 0 Å². The van der Waals surface area contributed by atoms with Gasteiger partial charge in [0.2, 0.25) is 5.91 Å². The molecule has 0 rings (SSSR count). The first-order valence-electron chi connectivity index (χ1n) is 6.37. The van der Waals surface area contributed by atoms with E-state index in [1.54, 1.807) is 0 Å². The summed E-state index contributed by atoms with van der Waals surface area (Å²) in [5, 5.41) is 3.03. The summed E-state index contributed by atoms with van der Waals surface area (Å²) in [5.41, 5.74) is 0.524. The van der Waals surface area contributed by atoms with E-state index in [0.29, 0.717) is 5.41 Å². The van der Waals surface area contributed by atoms with Crippen LogP contribution in [0.3, 0.4) is 0 Å². The lowest BCUT2D eigenvalue weighted by molar-refractivity contribution is -0.124. The van der Waals surface area contributed by atoms with Gasteiger partial charge < -0.3 is 5.32 Å². The van der Waals surface area contributed by atoms with Crippen molar-refractivity contribution in [1.82, 2.24) is 5.32 Å². The van der Waals surface area contributed by atoms with Crippen molar-refractivity contribution >= 4 is 5.91 Å². The summed E-state index contributed by atoms with van der Waals surface area (Å²) in [7, 11) is 0. The molecule has 2 heteroatoms. The van der Waals surface area contributed by atoms with Crippen molar-refractivity contribution in [3.8, 4) is 0 Å². The van der Waals surface area contributed by atoms with E-state index in [0.717, 1.165) is 13.0 Å². The lowest BCUT2D eigenvalue weighted by Crippen LogP contribution is -2.38. The number of rotatable bonds is 6. The maximum atomic E-state index is 11.5. The third-order valence-electron chi connectivity index (χ3n) is 3.18. The average Bonchev–Trinajstić information content (AvgIpc) is 2.12. The highest BCUT2D eigenvalue weighted by atomic mass is 16.1. The fourth-order valence-electron chi connectivity index (χ4n) is 2.01. The molecule has 96 valence electrons. The summed E-state index contributed by atoms with van der Waals surface area (Å²) >= 11 is 0. The van der Waals surface area contributed by atoms with Crippen LogP contribution >= 0.6 is 0 Å². The molecule has 0 saturated heterocycles. The van der Waals surface area contributed by atoms with Crippen LogP contribution in [0.5, 0.6) is 0 Å². The molecule has 0 spiro atoms. The van der Waals surface area contributed by atoms with Gasteiger partial charge in [0, 0.05) is 12.5 Å². The molecule has 0 aromatic heterocycles. The van der Waals surface area contributed by atoms with Gasteiger partial charge in [-0.15, -0.1) is 0 Å². The summed E-state index contributed by atoms with van der Waals surface area (Å²) in [6, 6.07) is 0. The molecule has 0 aliphatic heterocycles. The van der Waals surface area contributed by atoms with Gasteiger partial charge in [-0.25, -0.2) is 0 Å². The van der Waals surface area contributed by atoms with Crippen molar-refractivity contribution in [2.24, 2.45) is 16.7 Å². The number of carbonyl (C=O) groups excluding carboxylic acids is 1. The Balaban J connectivity index is 4.20. The molecule has 0 aliphatic carbocycles. The first-order chi connectivity index (χ1) is 7.09. The van der Waals surface area contributed by atoms with E-state index in [9.17, 15) is 4.79 Å². The van der Waals surface area contributed by atoms with Gasteiger partial charge in [0.15, 0.2) is 0 Å². The third kappa shape index (κ3) is 6.14. The number of hydrogen-bond donors (Lipinski definition) is 1. The van der Waals surface area contributed by atoms with Gasteiger partial charge >= 0.3 is 0 Å². The fourth-order valence-corrected chi connectivity index (χ4v) is 2.01. The molecule has 2 nitrogen and oxygen atoms in total. The predicted octanol–water partition coefficient (Wildman–Crippen LogP) is 3.61. The molecule has 1 amide bonds. The van der Waals surface area contributed by atoms with E-state index in [1.165, 1.54) is 6.42 Å². The van der Waals surface area contributed by atoms with Crippen LogP contribution < -0.4 is 5.32 Å². The lowest BCUT2D eigenvalue weighted by atomic mass is 9.73. The summed E-state index contributed by atoms with van der Waals surface area (Å²) < 4.78 is 0. The Morgan fingerprint density at radius 3 is 2.00 bits per heavy atom. The second-order valence-electron chi connectivity index (χ2n) is 6.73. The smallest absolute Gasteiger partial charge is 0.222 e. The Morgan fingerprint density at radius 2 is 1.62 bits per heavy atom. The van der Waals surface area contributed by atoms with Crippen LogP contribution in [0.25, 0.3) is 0 Å². The predicted molar refractivity (Wildman–Crippen MR) is 70.3 cm³/mol. The van der Waals surface area contributed by atoms with E-state index in [-0.39, 0.29) is 17.2 Å². The van der Waals surface area contributed by atoms with Crippen LogP contribution in [0.4, 0.5) is 0 Å². The standard InChI is InChI=1S/C14H29NO/c1-8-13(4,5)9-14(6,7)10-15-12(16)11(2)3/h11H,8-10H2,1-7H3,(H,15,16). The lowest BCUT2D eigenvalue weighted by Gasteiger charge is -2.34. The molecule has 0 unspecified atom stereocenters. The second kappa shape index (κ2) is 5.70. The number of nitrogens with one attached hydrogen (secondary N) is 1. The van der Waals surface area contributed by atoms with Gasteiger partial charge in [-0.1, -0.05) is 54.9 Å². The highest BCUT2D eigenvalue weighted by Crippen LogP contribution is 2.35. The Bertz CT molecular complexity index is 229. The quantitative estimate of drug-likeness (QED) is 0.738. The van der Waals surface area contributed by atoms with Crippen molar-refractivity contribution in [3.63, 3.8) is 0 Å². The Kier molecular flexibility index (Phi) is 5.51. The fraction of sp³-hybridized carbons (Fsp3) is 0.929. The Labute approximate surface area is 101 Å². The average molecular weight is 227 g/mol. The van der Waals surface area contributed by atoms with Gasteiger partial charge in [0.1, 0.15) is 0 Å². The van der Waals surface area contributed by atoms with Crippen molar-refractivity contribution < 1.29 is 4.79 Å². The third-order valence-corrected chi connectivity index (χ3v) is 3.18. The van der Waals surface area contributed by atoms with Gasteiger partial charge in [-0.05, 0) is 17.3 Å². The van der Waals surface area contributed by atoms with Crippen LogP contribution in [0.1, 0.15) is 61.3 Å². The molecule has 0 atom stereocenters. The minimum absolute atomic E-state index is 0.0787. The minimum Gasteiger partial charge on any atom is -0.355 e. The molecule has 0 fully saturated rings. The summed E-state index contributed by atoms with van der Waals surface area (Å²) in [6.45, 7) is 15.9. The zero-order valence-electron chi connectivity index (χ0n) is 12.1. The van der Waals surface area contributed by atoms with Gasteiger partial charge in [-0.2, -0.15) is 0 Å². The van der Waals surface area contributed by atoms with E-state index in [2.05, 4.69) is 39.9 Å². The molecule has 0 radical (unpaired) electrons. The molecular weight excluding hydrogens is 198 g/mol. The minimum atomic E-state index is 0.0787. The Hall–Kier alpha value is -0.530. The molecular formula is C14H29NO.